The maximum atomic E-state index is 12.2. The van der Waals surface area contributed by atoms with E-state index in [2.05, 4.69) is 27.8 Å². The minimum atomic E-state index is -0.373. The summed E-state index contributed by atoms with van der Waals surface area (Å²) in [5.41, 5.74) is 5.68. The van der Waals surface area contributed by atoms with Crippen molar-refractivity contribution >= 4 is 18.3 Å². The molecule has 1 aliphatic heterocycles. The summed E-state index contributed by atoms with van der Waals surface area (Å²) >= 11 is 0. The fourth-order valence-corrected chi connectivity index (χ4v) is 3.41. The number of H-pyrrole nitrogens is 1. The zero-order chi connectivity index (χ0) is 18.7. The maximum Gasteiger partial charge on any atom is 0.266 e. The van der Waals surface area contributed by atoms with Crippen molar-refractivity contribution < 1.29 is 4.79 Å². The van der Waals surface area contributed by atoms with Gasteiger partial charge in [-0.1, -0.05) is 18.2 Å². The molecule has 6 nitrogen and oxygen atoms in total. The molecule has 1 aromatic heterocycles. The lowest BCUT2D eigenvalue weighted by Crippen LogP contribution is -2.24. The molecule has 0 bridgehead atoms. The Morgan fingerprint density at radius 3 is 2.74 bits per heavy atom. The zero-order valence-electron chi connectivity index (χ0n) is 15.4. The van der Waals surface area contributed by atoms with E-state index in [0.29, 0.717) is 30.6 Å². The van der Waals surface area contributed by atoms with Gasteiger partial charge in [-0.15, -0.1) is 12.4 Å². The molecule has 0 fully saturated rings. The lowest BCUT2D eigenvalue weighted by molar-refractivity contribution is -0.121. The van der Waals surface area contributed by atoms with E-state index < -0.39 is 0 Å². The summed E-state index contributed by atoms with van der Waals surface area (Å²) in [4.78, 5) is 26.7. The van der Waals surface area contributed by atoms with Gasteiger partial charge in [0.15, 0.2) is 0 Å². The van der Waals surface area contributed by atoms with E-state index in [9.17, 15) is 9.59 Å². The van der Waals surface area contributed by atoms with Crippen LogP contribution in [0.25, 0.3) is 0 Å². The van der Waals surface area contributed by atoms with Crippen molar-refractivity contribution in [1.29, 1.82) is 5.26 Å². The summed E-state index contributed by atoms with van der Waals surface area (Å²) in [6.07, 6.45) is 0.800. The van der Waals surface area contributed by atoms with Gasteiger partial charge in [-0.3, -0.25) is 9.59 Å². The first-order chi connectivity index (χ1) is 12.5. The summed E-state index contributed by atoms with van der Waals surface area (Å²) in [6.45, 7) is 5.83. The number of rotatable bonds is 5. The number of nitrogens with one attached hydrogen (secondary N) is 3. The number of amides is 1. The molecule has 0 atom stereocenters. The molecule has 2 heterocycles. The van der Waals surface area contributed by atoms with Crippen LogP contribution in [0.5, 0.6) is 0 Å². The van der Waals surface area contributed by atoms with Crippen LogP contribution in [-0.2, 0) is 30.8 Å². The Labute approximate surface area is 164 Å². The highest BCUT2D eigenvalue weighted by atomic mass is 35.5. The van der Waals surface area contributed by atoms with Gasteiger partial charge in [0.1, 0.15) is 11.6 Å². The van der Waals surface area contributed by atoms with E-state index in [4.69, 9.17) is 5.26 Å². The normalized spacial score (nSPS) is 12.0. The second-order valence-electron chi connectivity index (χ2n) is 6.65. The smallest absolute Gasteiger partial charge is 0.266 e. The van der Waals surface area contributed by atoms with Crippen molar-refractivity contribution in [3.05, 3.63) is 67.6 Å². The predicted octanol–water partition coefficient (Wildman–Crippen LogP) is 2.14. The molecule has 0 aliphatic carbocycles. The van der Waals surface area contributed by atoms with Gasteiger partial charge in [0.2, 0.25) is 5.91 Å². The van der Waals surface area contributed by atoms with Crippen molar-refractivity contribution in [2.45, 2.75) is 46.3 Å². The van der Waals surface area contributed by atoms with Gasteiger partial charge in [-0.25, -0.2) is 0 Å². The number of fused-ring (bicyclic) bond motifs is 1. The van der Waals surface area contributed by atoms with Gasteiger partial charge in [-0.2, -0.15) is 5.26 Å². The first-order valence-corrected chi connectivity index (χ1v) is 8.70. The Balaban J connectivity index is 0.00000261. The van der Waals surface area contributed by atoms with Gasteiger partial charge in [0, 0.05) is 31.7 Å². The highest BCUT2D eigenvalue weighted by Crippen LogP contribution is 2.17. The molecular formula is C20H23ClN4O2. The van der Waals surface area contributed by atoms with Gasteiger partial charge in [0.05, 0.1) is 0 Å². The molecule has 3 rings (SSSR count). The van der Waals surface area contributed by atoms with Crippen molar-refractivity contribution in [3.8, 4) is 6.07 Å². The molecule has 2 aromatic rings. The number of benzene rings is 1. The maximum absolute atomic E-state index is 12.2. The molecule has 1 amide bonds. The average molecular weight is 387 g/mol. The molecule has 0 saturated heterocycles. The monoisotopic (exact) mass is 386 g/mol. The number of carbonyl (C=O) groups is 1. The zero-order valence-corrected chi connectivity index (χ0v) is 16.3. The topological polar surface area (TPSA) is 97.8 Å². The number of pyridine rings is 1. The summed E-state index contributed by atoms with van der Waals surface area (Å²) in [5.74, 6) is -0.0490. The molecule has 27 heavy (non-hydrogen) atoms. The second-order valence-corrected chi connectivity index (χ2v) is 6.65. The van der Waals surface area contributed by atoms with Crippen LogP contribution in [0.15, 0.2) is 23.0 Å². The minimum absolute atomic E-state index is 0. The first kappa shape index (κ1) is 20.7. The van der Waals surface area contributed by atoms with E-state index in [1.165, 1.54) is 11.1 Å². The van der Waals surface area contributed by atoms with E-state index in [-0.39, 0.29) is 29.4 Å². The Kier molecular flexibility index (Phi) is 6.78. The Morgan fingerprint density at radius 1 is 1.26 bits per heavy atom. The molecule has 1 aliphatic rings. The molecule has 3 N–H and O–H groups in total. The number of nitriles is 1. The fourth-order valence-electron chi connectivity index (χ4n) is 3.41. The lowest BCUT2D eigenvalue weighted by atomic mass is 9.99. The molecule has 0 radical (unpaired) electrons. The largest absolute Gasteiger partial charge is 0.352 e. The predicted molar refractivity (Wildman–Crippen MR) is 106 cm³/mol. The lowest BCUT2D eigenvalue weighted by Gasteiger charge is -2.11. The Morgan fingerprint density at radius 2 is 2.00 bits per heavy atom. The standard InChI is InChI=1S/C20H22N4O2.ClH/c1-12-17(13(2)24-20(26)18(12)8-21)5-6-19(25)23-9-14-3-4-15-10-22-11-16(15)7-14;/h3-4,7,22H,5-6,9-11H2,1-2H3,(H,23,25)(H,24,26);1H. The summed E-state index contributed by atoms with van der Waals surface area (Å²) in [6, 6.07) is 8.21. The van der Waals surface area contributed by atoms with Crippen molar-refractivity contribution in [2.75, 3.05) is 0 Å². The van der Waals surface area contributed by atoms with Crippen LogP contribution in [0.2, 0.25) is 0 Å². The summed E-state index contributed by atoms with van der Waals surface area (Å²) in [7, 11) is 0. The molecule has 0 saturated carbocycles. The van der Waals surface area contributed by atoms with E-state index in [1.54, 1.807) is 13.8 Å². The van der Waals surface area contributed by atoms with Crippen LogP contribution in [-0.4, -0.2) is 10.9 Å². The van der Waals surface area contributed by atoms with Crippen LogP contribution < -0.4 is 16.2 Å². The van der Waals surface area contributed by atoms with Crippen molar-refractivity contribution in [2.24, 2.45) is 0 Å². The highest BCUT2D eigenvalue weighted by Gasteiger charge is 2.14. The van der Waals surface area contributed by atoms with E-state index in [1.807, 2.05) is 12.1 Å². The third kappa shape index (κ3) is 4.57. The SMILES string of the molecule is Cc1[nH]c(=O)c(C#N)c(C)c1CCC(=O)NCc1ccc2c(c1)CNC2.Cl. The van der Waals surface area contributed by atoms with Crippen LogP contribution in [0, 0.1) is 25.2 Å². The van der Waals surface area contributed by atoms with Crippen LogP contribution in [0.3, 0.4) is 0 Å². The van der Waals surface area contributed by atoms with Gasteiger partial charge in [-0.05, 0) is 48.1 Å². The second kappa shape index (κ2) is 8.85. The number of hydrogen-bond acceptors (Lipinski definition) is 4. The molecule has 0 unspecified atom stereocenters. The highest BCUT2D eigenvalue weighted by molar-refractivity contribution is 5.85. The number of hydrogen-bond donors (Lipinski definition) is 3. The summed E-state index contributed by atoms with van der Waals surface area (Å²) < 4.78 is 0. The van der Waals surface area contributed by atoms with Crippen molar-refractivity contribution in [3.63, 3.8) is 0 Å². The Hall–Kier alpha value is -2.62. The third-order valence-electron chi connectivity index (χ3n) is 4.91. The number of aryl methyl sites for hydroxylation is 1. The number of nitrogens with zero attached hydrogens (tertiary/aromatic N) is 1. The molecule has 7 heteroatoms. The average Bonchev–Trinajstić information content (AvgIpc) is 3.07. The van der Waals surface area contributed by atoms with Gasteiger partial charge < -0.3 is 15.6 Å². The third-order valence-corrected chi connectivity index (χ3v) is 4.91. The van der Waals surface area contributed by atoms with E-state index >= 15 is 0 Å². The molecule has 1 aromatic carbocycles. The number of aromatic nitrogens is 1. The van der Waals surface area contributed by atoms with Crippen LogP contribution >= 0.6 is 12.4 Å². The van der Waals surface area contributed by atoms with Gasteiger partial charge in [0.25, 0.3) is 5.56 Å². The van der Waals surface area contributed by atoms with Crippen LogP contribution in [0.1, 0.15) is 45.5 Å². The fraction of sp³-hybridized carbons (Fsp3) is 0.350. The van der Waals surface area contributed by atoms with E-state index in [0.717, 1.165) is 24.2 Å². The molecule has 0 spiro atoms. The number of halogens is 1. The molecule has 142 valence electrons. The summed E-state index contributed by atoms with van der Waals surface area (Å²) in [5, 5.41) is 15.4. The van der Waals surface area contributed by atoms with Crippen LogP contribution in [0.4, 0.5) is 0 Å². The Bertz CT molecular complexity index is 960. The number of carbonyl (C=O) groups excluding carboxylic acids is 1. The quantitative estimate of drug-likeness (QED) is 0.733. The van der Waals surface area contributed by atoms with Gasteiger partial charge >= 0.3 is 0 Å². The van der Waals surface area contributed by atoms with Crippen molar-refractivity contribution in [1.82, 2.24) is 15.6 Å². The molecular weight excluding hydrogens is 364 g/mol. The minimum Gasteiger partial charge on any atom is -0.352 e. The number of aromatic amines is 1. The first-order valence-electron chi connectivity index (χ1n) is 8.70.